The van der Waals surface area contributed by atoms with E-state index in [2.05, 4.69) is 27.9 Å². The van der Waals surface area contributed by atoms with E-state index in [9.17, 15) is 4.79 Å². The van der Waals surface area contributed by atoms with Crippen LogP contribution >= 0.6 is 0 Å². The Morgan fingerprint density at radius 3 is 2.31 bits per heavy atom. The van der Waals surface area contributed by atoms with Gasteiger partial charge in [-0.05, 0) is 45.4 Å². The molecule has 0 fully saturated rings. The van der Waals surface area contributed by atoms with Crippen LogP contribution in [-0.4, -0.2) is 44.7 Å². The van der Waals surface area contributed by atoms with Gasteiger partial charge in [-0.15, -0.1) is 0 Å². The Morgan fingerprint density at radius 1 is 1.07 bits per heavy atom. The summed E-state index contributed by atoms with van der Waals surface area (Å²) >= 11 is 0. The molecule has 1 amide bonds. The number of hydrogen-bond acceptors (Lipinski definition) is 4. The van der Waals surface area contributed by atoms with Crippen molar-refractivity contribution in [2.24, 2.45) is 10.4 Å². The Balaban J connectivity index is 2.77. The summed E-state index contributed by atoms with van der Waals surface area (Å²) in [4.78, 5) is 16.5. The molecule has 0 aliphatic carbocycles. The van der Waals surface area contributed by atoms with E-state index in [-0.39, 0.29) is 11.9 Å². The molecule has 0 spiro atoms. The third-order valence-electron chi connectivity index (χ3n) is 4.11. The van der Waals surface area contributed by atoms with Gasteiger partial charge >= 0.3 is 0 Å². The summed E-state index contributed by atoms with van der Waals surface area (Å²) in [7, 11) is 0. The third-order valence-corrected chi connectivity index (χ3v) is 4.11. The Labute approximate surface area is 175 Å². The highest BCUT2D eigenvalue weighted by Gasteiger charge is 2.20. The number of rotatable bonds is 10. The fraction of sp³-hybridized carbons (Fsp3) is 0.636. The fourth-order valence-corrected chi connectivity index (χ4v) is 2.55. The van der Waals surface area contributed by atoms with Gasteiger partial charge in [0, 0.05) is 18.5 Å². The molecule has 0 aliphatic rings. The third kappa shape index (κ3) is 8.62. The van der Waals surface area contributed by atoms with Gasteiger partial charge in [-0.25, -0.2) is 0 Å². The Morgan fingerprint density at radius 2 is 1.72 bits per heavy atom. The van der Waals surface area contributed by atoms with Crippen molar-refractivity contribution in [3.05, 3.63) is 23.8 Å². The van der Waals surface area contributed by atoms with Gasteiger partial charge in [0.2, 0.25) is 5.91 Å². The van der Waals surface area contributed by atoms with E-state index in [1.807, 2.05) is 59.7 Å². The van der Waals surface area contributed by atoms with Crippen LogP contribution in [0.15, 0.2) is 23.2 Å². The molecule has 7 nitrogen and oxygen atoms in total. The summed E-state index contributed by atoms with van der Waals surface area (Å²) in [5, 5.41) is 9.56. The van der Waals surface area contributed by atoms with Gasteiger partial charge in [-0.1, -0.05) is 26.8 Å². The monoisotopic (exact) mass is 406 g/mol. The average Bonchev–Trinajstić information content (AvgIpc) is 2.66. The number of nitrogens with zero attached hydrogens (tertiary/aromatic N) is 1. The maximum absolute atomic E-state index is 11.9. The van der Waals surface area contributed by atoms with Crippen molar-refractivity contribution in [3.8, 4) is 11.5 Å². The second-order valence-electron chi connectivity index (χ2n) is 7.70. The molecule has 0 bridgehead atoms. The standard InChI is InChI=1S/C22H38N4O3/c1-8-23-21(25-14-13-24-20(27)22(5,6)7)26-16(4)17-11-12-18(28-9-2)19(15-17)29-10-3/h11-12,15-16H,8-10,13-14H2,1-7H3,(H,24,27)(H2,23,25,26). The highest BCUT2D eigenvalue weighted by atomic mass is 16.5. The minimum atomic E-state index is -0.396. The lowest BCUT2D eigenvalue weighted by molar-refractivity contribution is -0.128. The summed E-state index contributed by atoms with van der Waals surface area (Å²) in [6, 6.07) is 5.98. The molecule has 1 rings (SSSR count). The summed E-state index contributed by atoms with van der Waals surface area (Å²) in [6.45, 7) is 16.6. The zero-order valence-corrected chi connectivity index (χ0v) is 19.0. The molecule has 1 aromatic rings. The van der Waals surface area contributed by atoms with Gasteiger partial charge < -0.3 is 25.4 Å². The van der Waals surface area contributed by atoms with Crippen LogP contribution in [0.5, 0.6) is 11.5 Å². The smallest absolute Gasteiger partial charge is 0.225 e. The van der Waals surface area contributed by atoms with E-state index in [0.717, 1.165) is 23.6 Å². The SMILES string of the molecule is CCNC(=NCCNC(=O)C(C)(C)C)NC(C)c1ccc(OCC)c(OCC)c1. The molecule has 3 N–H and O–H groups in total. The van der Waals surface area contributed by atoms with Crippen LogP contribution in [0.1, 0.15) is 60.1 Å². The van der Waals surface area contributed by atoms with Crippen molar-refractivity contribution in [1.29, 1.82) is 0 Å². The first-order valence-corrected chi connectivity index (χ1v) is 10.5. The van der Waals surface area contributed by atoms with Gasteiger partial charge in [-0.3, -0.25) is 9.79 Å². The zero-order chi connectivity index (χ0) is 21.9. The molecule has 0 saturated heterocycles. The van der Waals surface area contributed by atoms with E-state index in [4.69, 9.17) is 9.47 Å². The Bertz CT molecular complexity index is 669. The molecular weight excluding hydrogens is 368 g/mol. The van der Waals surface area contributed by atoms with E-state index in [0.29, 0.717) is 32.3 Å². The molecule has 0 saturated carbocycles. The van der Waals surface area contributed by atoms with Crippen LogP contribution in [0.25, 0.3) is 0 Å². The molecule has 1 atom stereocenters. The van der Waals surface area contributed by atoms with Crippen LogP contribution in [0.4, 0.5) is 0 Å². The molecule has 164 valence electrons. The summed E-state index contributed by atoms with van der Waals surface area (Å²) in [6.07, 6.45) is 0. The largest absolute Gasteiger partial charge is 0.490 e. The molecule has 0 aromatic heterocycles. The summed E-state index contributed by atoms with van der Waals surface area (Å²) in [5.41, 5.74) is 0.677. The molecular formula is C22H38N4O3. The van der Waals surface area contributed by atoms with Crippen molar-refractivity contribution in [3.63, 3.8) is 0 Å². The predicted molar refractivity (Wildman–Crippen MR) is 119 cm³/mol. The number of ether oxygens (including phenoxy) is 2. The van der Waals surface area contributed by atoms with Crippen LogP contribution in [0.3, 0.4) is 0 Å². The zero-order valence-electron chi connectivity index (χ0n) is 19.0. The quantitative estimate of drug-likeness (QED) is 0.316. The maximum Gasteiger partial charge on any atom is 0.225 e. The lowest BCUT2D eigenvalue weighted by atomic mass is 9.96. The lowest BCUT2D eigenvalue weighted by Crippen LogP contribution is -2.40. The normalized spacial score (nSPS) is 12.9. The van der Waals surface area contributed by atoms with Crippen LogP contribution < -0.4 is 25.4 Å². The first-order chi connectivity index (χ1) is 13.7. The van der Waals surface area contributed by atoms with Crippen LogP contribution in [0, 0.1) is 5.41 Å². The maximum atomic E-state index is 11.9. The number of benzene rings is 1. The van der Waals surface area contributed by atoms with Crippen molar-refractivity contribution < 1.29 is 14.3 Å². The number of nitrogens with one attached hydrogen (secondary N) is 3. The van der Waals surface area contributed by atoms with Gasteiger partial charge in [0.15, 0.2) is 17.5 Å². The number of amides is 1. The molecule has 0 heterocycles. The first-order valence-electron chi connectivity index (χ1n) is 10.5. The van der Waals surface area contributed by atoms with Gasteiger partial charge in [0.25, 0.3) is 0 Å². The molecule has 7 heteroatoms. The number of hydrogen-bond donors (Lipinski definition) is 3. The number of aliphatic imine (C=N–C) groups is 1. The number of carbonyl (C=O) groups is 1. The predicted octanol–water partition coefficient (Wildman–Crippen LogP) is 3.26. The molecule has 0 radical (unpaired) electrons. The second-order valence-corrected chi connectivity index (χ2v) is 7.70. The van der Waals surface area contributed by atoms with Crippen molar-refractivity contribution >= 4 is 11.9 Å². The van der Waals surface area contributed by atoms with E-state index < -0.39 is 5.41 Å². The van der Waals surface area contributed by atoms with Gasteiger partial charge in [0.05, 0.1) is 25.8 Å². The highest BCUT2D eigenvalue weighted by molar-refractivity contribution is 5.81. The highest BCUT2D eigenvalue weighted by Crippen LogP contribution is 2.30. The first kappa shape index (κ1) is 24.6. The minimum absolute atomic E-state index is 0.0202. The van der Waals surface area contributed by atoms with Crippen molar-refractivity contribution in [2.45, 2.75) is 54.5 Å². The summed E-state index contributed by atoms with van der Waals surface area (Å²) in [5.74, 6) is 2.22. The molecule has 0 aliphatic heterocycles. The van der Waals surface area contributed by atoms with Crippen LogP contribution in [-0.2, 0) is 4.79 Å². The topological polar surface area (TPSA) is 84.0 Å². The number of carbonyl (C=O) groups excluding carboxylic acids is 1. The average molecular weight is 407 g/mol. The number of guanidine groups is 1. The second kappa shape index (κ2) is 12.2. The van der Waals surface area contributed by atoms with E-state index in [1.165, 1.54) is 0 Å². The molecule has 1 unspecified atom stereocenters. The fourth-order valence-electron chi connectivity index (χ4n) is 2.55. The van der Waals surface area contributed by atoms with Crippen molar-refractivity contribution in [2.75, 3.05) is 32.8 Å². The lowest BCUT2D eigenvalue weighted by Gasteiger charge is -2.20. The summed E-state index contributed by atoms with van der Waals surface area (Å²) < 4.78 is 11.4. The van der Waals surface area contributed by atoms with Crippen molar-refractivity contribution in [1.82, 2.24) is 16.0 Å². The Hall–Kier alpha value is -2.44. The van der Waals surface area contributed by atoms with E-state index >= 15 is 0 Å². The minimum Gasteiger partial charge on any atom is -0.490 e. The van der Waals surface area contributed by atoms with Gasteiger partial charge in [0.1, 0.15) is 0 Å². The Kier molecular flexibility index (Phi) is 10.3. The molecule has 1 aromatic carbocycles. The molecule has 29 heavy (non-hydrogen) atoms. The van der Waals surface area contributed by atoms with Crippen LogP contribution in [0.2, 0.25) is 0 Å². The van der Waals surface area contributed by atoms with E-state index in [1.54, 1.807) is 0 Å². The van der Waals surface area contributed by atoms with Gasteiger partial charge in [-0.2, -0.15) is 0 Å².